The second kappa shape index (κ2) is 5.85. The average molecular weight is 322 g/mol. The van der Waals surface area contributed by atoms with Gasteiger partial charge in [0.25, 0.3) is 0 Å². The van der Waals surface area contributed by atoms with E-state index < -0.39 is 11.9 Å². The minimum atomic E-state index is -0.546. The number of hydrogen-bond acceptors (Lipinski definition) is 5. The van der Waals surface area contributed by atoms with E-state index in [1.54, 1.807) is 30.3 Å². The maximum Gasteiger partial charge on any atom is 0.346 e. The summed E-state index contributed by atoms with van der Waals surface area (Å²) in [5.74, 6) is -1.18. The van der Waals surface area contributed by atoms with E-state index in [0.717, 1.165) is 11.1 Å². The van der Waals surface area contributed by atoms with Gasteiger partial charge in [0.05, 0.1) is 17.5 Å². The molecule has 0 aromatic heterocycles. The molecule has 0 spiro atoms. The highest BCUT2D eigenvalue weighted by Crippen LogP contribution is 2.22. The Hall–Kier alpha value is -3.08. The van der Waals surface area contributed by atoms with Crippen LogP contribution in [0.1, 0.15) is 59.0 Å². The molecule has 0 saturated heterocycles. The zero-order chi connectivity index (χ0) is 17.4. The first-order chi connectivity index (χ1) is 11.4. The maximum atomic E-state index is 11.2. The molecular weight excluding hydrogens is 308 g/mol. The first kappa shape index (κ1) is 15.8. The molecule has 5 nitrogen and oxygen atoms in total. The molecule has 5 heteroatoms. The van der Waals surface area contributed by atoms with E-state index in [4.69, 9.17) is 0 Å². The van der Waals surface area contributed by atoms with E-state index in [-0.39, 0.29) is 18.0 Å². The molecule has 0 fully saturated rings. The second-order valence-electron chi connectivity index (χ2n) is 5.80. The van der Waals surface area contributed by atoms with Crippen molar-refractivity contribution in [1.29, 1.82) is 0 Å². The number of Topliss-reactive ketones (excluding diaryl/α,β-unsaturated/α-hetero) is 2. The van der Waals surface area contributed by atoms with Crippen molar-refractivity contribution in [2.24, 2.45) is 0 Å². The number of cyclic esters (lactones) is 2. The van der Waals surface area contributed by atoms with Gasteiger partial charge in [-0.25, -0.2) is 9.59 Å². The van der Waals surface area contributed by atoms with E-state index in [9.17, 15) is 19.2 Å². The van der Waals surface area contributed by atoms with Crippen molar-refractivity contribution < 1.29 is 23.9 Å². The highest BCUT2D eigenvalue weighted by atomic mass is 16.6. The van der Waals surface area contributed by atoms with Crippen LogP contribution in [0.15, 0.2) is 36.4 Å². The predicted octanol–water partition coefficient (Wildman–Crippen LogP) is 3.07. The van der Waals surface area contributed by atoms with E-state index in [2.05, 4.69) is 4.74 Å². The summed E-state index contributed by atoms with van der Waals surface area (Å²) in [6, 6.07) is 10.4. The van der Waals surface area contributed by atoms with Gasteiger partial charge in [-0.15, -0.1) is 0 Å². The number of ketones is 2. The van der Waals surface area contributed by atoms with Crippen LogP contribution >= 0.6 is 0 Å². The SMILES string of the molecule is Cc1ccc2c(c1)C(=O)CC2=O.Cc1ccc2c(c1)C(=O)OC2=O. The van der Waals surface area contributed by atoms with Crippen LogP contribution in [0.3, 0.4) is 0 Å². The minimum absolute atomic E-state index is 0.0429. The van der Waals surface area contributed by atoms with Crippen molar-refractivity contribution in [2.75, 3.05) is 0 Å². The number of benzene rings is 2. The monoisotopic (exact) mass is 322 g/mol. The van der Waals surface area contributed by atoms with Crippen LogP contribution < -0.4 is 0 Å². The molecule has 0 N–H and O–H groups in total. The van der Waals surface area contributed by atoms with Crippen LogP contribution in [-0.4, -0.2) is 23.5 Å². The summed E-state index contributed by atoms with van der Waals surface area (Å²) in [4.78, 5) is 44.3. The Bertz CT molecular complexity index is 832. The third-order valence-corrected chi connectivity index (χ3v) is 3.90. The van der Waals surface area contributed by atoms with E-state index in [1.807, 2.05) is 19.9 Å². The summed E-state index contributed by atoms with van der Waals surface area (Å²) in [6.45, 7) is 3.77. The molecule has 2 aromatic carbocycles. The van der Waals surface area contributed by atoms with Gasteiger partial charge in [-0.1, -0.05) is 29.3 Å². The van der Waals surface area contributed by atoms with Gasteiger partial charge in [-0.05, 0) is 32.0 Å². The topological polar surface area (TPSA) is 77.5 Å². The van der Waals surface area contributed by atoms with Gasteiger partial charge in [0.2, 0.25) is 0 Å². The summed E-state index contributed by atoms with van der Waals surface area (Å²) in [5.41, 5.74) is 3.90. The van der Waals surface area contributed by atoms with E-state index in [1.165, 1.54) is 0 Å². The summed E-state index contributed by atoms with van der Waals surface area (Å²) >= 11 is 0. The first-order valence-corrected chi connectivity index (χ1v) is 7.41. The molecule has 0 bridgehead atoms. The molecule has 0 amide bonds. The number of rotatable bonds is 0. The molecule has 1 heterocycles. The molecule has 120 valence electrons. The molecular formula is C19H14O5. The lowest BCUT2D eigenvalue weighted by molar-refractivity contribution is 0.0443. The molecule has 2 aliphatic rings. The van der Waals surface area contributed by atoms with Gasteiger partial charge in [0.1, 0.15) is 0 Å². The van der Waals surface area contributed by atoms with Crippen LogP contribution in [-0.2, 0) is 4.74 Å². The lowest BCUT2D eigenvalue weighted by Gasteiger charge is -1.96. The molecule has 1 aliphatic carbocycles. The van der Waals surface area contributed by atoms with Gasteiger partial charge in [0, 0.05) is 11.1 Å². The second-order valence-corrected chi connectivity index (χ2v) is 5.80. The largest absolute Gasteiger partial charge is 0.386 e. The fourth-order valence-corrected chi connectivity index (χ4v) is 2.67. The summed E-state index contributed by atoms with van der Waals surface area (Å²) in [6.07, 6.45) is 0.0544. The Morgan fingerprint density at radius 3 is 1.83 bits per heavy atom. The number of esters is 2. The molecule has 2 aromatic rings. The van der Waals surface area contributed by atoms with Crippen molar-refractivity contribution in [1.82, 2.24) is 0 Å². The smallest absolute Gasteiger partial charge is 0.346 e. The van der Waals surface area contributed by atoms with Crippen LogP contribution in [0, 0.1) is 13.8 Å². The molecule has 1 aliphatic heterocycles. The average Bonchev–Trinajstić information content (AvgIpc) is 2.96. The van der Waals surface area contributed by atoms with Crippen LogP contribution in [0.4, 0.5) is 0 Å². The number of hydrogen-bond donors (Lipinski definition) is 0. The number of carbonyl (C=O) groups excluding carboxylic acids is 4. The molecule has 0 unspecified atom stereocenters. The zero-order valence-electron chi connectivity index (χ0n) is 13.2. The Balaban J connectivity index is 0.000000141. The Morgan fingerprint density at radius 2 is 1.17 bits per heavy atom. The molecule has 4 rings (SSSR count). The standard InChI is InChI=1S/C10H8O2.C9H6O3/c1-6-2-3-7-8(4-6)10(12)5-9(7)11;1-5-2-3-6-7(4-5)9(11)12-8(6)10/h2-4H,5H2,1H3;2-4H,1H3. The molecule has 0 atom stereocenters. The quantitative estimate of drug-likeness (QED) is 0.550. The van der Waals surface area contributed by atoms with Gasteiger partial charge in [0.15, 0.2) is 11.6 Å². The lowest BCUT2D eigenvalue weighted by Crippen LogP contribution is -1.96. The lowest BCUT2D eigenvalue weighted by atomic mass is 10.1. The summed E-state index contributed by atoms with van der Waals surface area (Å²) in [7, 11) is 0. The van der Waals surface area contributed by atoms with Crippen molar-refractivity contribution >= 4 is 23.5 Å². The van der Waals surface area contributed by atoms with Crippen LogP contribution in [0.5, 0.6) is 0 Å². The predicted molar refractivity (Wildman–Crippen MR) is 85.4 cm³/mol. The number of ether oxygens (including phenoxy) is 1. The van der Waals surface area contributed by atoms with Crippen molar-refractivity contribution in [2.45, 2.75) is 20.3 Å². The summed E-state index contributed by atoms with van der Waals surface area (Å²) in [5, 5.41) is 0. The number of aryl methyl sites for hydroxylation is 2. The van der Waals surface area contributed by atoms with E-state index >= 15 is 0 Å². The normalized spacial score (nSPS) is 14.8. The van der Waals surface area contributed by atoms with Crippen molar-refractivity contribution in [3.8, 4) is 0 Å². The highest BCUT2D eigenvalue weighted by Gasteiger charge is 2.29. The van der Waals surface area contributed by atoms with Gasteiger partial charge in [-0.2, -0.15) is 0 Å². The third-order valence-electron chi connectivity index (χ3n) is 3.90. The first-order valence-electron chi connectivity index (χ1n) is 7.41. The zero-order valence-corrected chi connectivity index (χ0v) is 13.2. The van der Waals surface area contributed by atoms with Crippen LogP contribution in [0.25, 0.3) is 0 Å². The fourth-order valence-electron chi connectivity index (χ4n) is 2.67. The Morgan fingerprint density at radius 1 is 0.667 bits per heavy atom. The Kier molecular flexibility index (Phi) is 3.85. The molecule has 0 saturated carbocycles. The number of fused-ring (bicyclic) bond motifs is 2. The summed E-state index contributed by atoms with van der Waals surface area (Å²) < 4.78 is 4.41. The fraction of sp³-hybridized carbons (Fsp3) is 0.158. The maximum absolute atomic E-state index is 11.2. The van der Waals surface area contributed by atoms with Crippen molar-refractivity contribution in [3.05, 3.63) is 69.8 Å². The van der Waals surface area contributed by atoms with Gasteiger partial charge >= 0.3 is 11.9 Å². The van der Waals surface area contributed by atoms with Crippen molar-refractivity contribution in [3.63, 3.8) is 0 Å². The number of carbonyl (C=O) groups is 4. The van der Waals surface area contributed by atoms with Gasteiger partial charge in [-0.3, -0.25) is 9.59 Å². The third kappa shape index (κ3) is 2.76. The highest BCUT2D eigenvalue weighted by molar-refractivity contribution is 6.24. The molecule has 24 heavy (non-hydrogen) atoms. The van der Waals surface area contributed by atoms with Crippen LogP contribution in [0.2, 0.25) is 0 Å². The Labute approximate surface area is 138 Å². The minimum Gasteiger partial charge on any atom is -0.386 e. The van der Waals surface area contributed by atoms with Gasteiger partial charge < -0.3 is 4.74 Å². The van der Waals surface area contributed by atoms with E-state index in [0.29, 0.717) is 22.3 Å². The molecule has 0 radical (unpaired) electrons.